The van der Waals surface area contributed by atoms with Crippen molar-refractivity contribution in [3.8, 4) is 11.4 Å². The highest BCUT2D eigenvalue weighted by Crippen LogP contribution is 2.32. The molecule has 0 saturated carbocycles. The summed E-state index contributed by atoms with van der Waals surface area (Å²) in [4.78, 5) is 8.59. The van der Waals surface area contributed by atoms with Crippen molar-refractivity contribution < 1.29 is 18.3 Å². The first kappa shape index (κ1) is 19.8. The number of nitrogens with one attached hydrogen (secondary N) is 1. The predicted molar refractivity (Wildman–Crippen MR) is 102 cm³/mol. The van der Waals surface area contributed by atoms with Gasteiger partial charge in [-0.3, -0.25) is 0 Å². The van der Waals surface area contributed by atoms with Crippen molar-refractivity contribution in [2.45, 2.75) is 25.6 Å². The van der Waals surface area contributed by atoms with Crippen molar-refractivity contribution in [3.05, 3.63) is 77.6 Å². The zero-order chi connectivity index (χ0) is 20.4. The molecule has 0 saturated heterocycles. The zero-order valence-electron chi connectivity index (χ0n) is 15.5. The molecule has 0 aliphatic rings. The molecule has 1 atom stereocenters. The summed E-state index contributed by atoms with van der Waals surface area (Å²) in [7, 11) is 0. The van der Waals surface area contributed by atoms with Crippen LogP contribution < -0.4 is 5.32 Å². The van der Waals surface area contributed by atoms with Crippen LogP contribution in [-0.4, -0.2) is 21.6 Å². The average Bonchev–Trinajstić information content (AvgIpc) is 2.66. The molecular weight excluding hydrogens is 367 g/mol. The molecule has 1 unspecified atom stereocenters. The van der Waals surface area contributed by atoms with Crippen molar-refractivity contribution in [3.63, 3.8) is 0 Å². The number of aryl methyl sites for hydroxylation is 1. The minimum Gasteiger partial charge on any atom is -0.384 e. The zero-order valence-corrected chi connectivity index (χ0v) is 15.5. The predicted octanol–water partition coefficient (Wildman–Crippen LogP) is 4.79. The Labute approximate surface area is 161 Å². The summed E-state index contributed by atoms with van der Waals surface area (Å²) in [5.74, 6) is 0.613. The molecule has 28 heavy (non-hydrogen) atoms. The lowest BCUT2D eigenvalue weighted by molar-refractivity contribution is -0.137. The number of aromatic nitrogens is 2. The van der Waals surface area contributed by atoms with Crippen molar-refractivity contribution in [2.24, 2.45) is 0 Å². The molecule has 0 amide bonds. The molecular formula is C21H20F3N3O. The van der Waals surface area contributed by atoms with E-state index in [1.54, 1.807) is 6.20 Å². The van der Waals surface area contributed by atoms with Crippen molar-refractivity contribution >= 4 is 5.69 Å². The first-order chi connectivity index (χ1) is 13.1. The van der Waals surface area contributed by atoms with Crippen LogP contribution in [-0.2, 0) is 11.8 Å². The molecule has 1 aromatic heterocycles. The fourth-order valence-electron chi connectivity index (χ4n) is 2.73. The lowest BCUT2D eigenvalue weighted by Crippen LogP contribution is -2.31. The van der Waals surface area contributed by atoms with Gasteiger partial charge in [0.25, 0.3) is 0 Å². The Balaban J connectivity index is 1.71. The minimum atomic E-state index is -4.45. The van der Waals surface area contributed by atoms with Crippen LogP contribution in [0.5, 0.6) is 0 Å². The van der Waals surface area contributed by atoms with Crippen molar-refractivity contribution in [1.82, 2.24) is 9.97 Å². The SMILES string of the molecule is Cc1ccnc(-c2ccc(NCC(C)(O)c3cccc(C(F)(F)F)c3)cc2)n1. The van der Waals surface area contributed by atoms with Gasteiger partial charge in [0.05, 0.1) is 5.56 Å². The highest BCUT2D eigenvalue weighted by atomic mass is 19.4. The third-order valence-electron chi connectivity index (χ3n) is 4.39. The molecule has 3 aromatic rings. The van der Waals surface area contributed by atoms with Gasteiger partial charge in [0.2, 0.25) is 0 Å². The fraction of sp³-hybridized carbons (Fsp3) is 0.238. The number of hydrogen-bond donors (Lipinski definition) is 2. The van der Waals surface area contributed by atoms with Gasteiger partial charge in [-0.1, -0.05) is 12.1 Å². The van der Waals surface area contributed by atoms with E-state index < -0.39 is 17.3 Å². The maximum Gasteiger partial charge on any atom is 0.416 e. The van der Waals surface area contributed by atoms with Gasteiger partial charge in [0, 0.05) is 29.7 Å². The molecule has 146 valence electrons. The van der Waals surface area contributed by atoms with Gasteiger partial charge in [-0.25, -0.2) is 9.97 Å². The van der Waals surface area contributed by atoms with Crippen molar-refractivity contribution in [1.29, 1.82) is 0 Å². The summed E-state index contributed by atoms with van der Waals surface area (Å²) in [6.45, 7) is 3.41. The van der Waals surface area contributed by atoms with Crippen LogP contribution in [0.3, 0.4) is 0 Å². The molecule has 0 aliphatic heterocycles. The van der Waals surface area contributed by atoms with E-state index in [1.807, 2.05) is 37.3 Å². The van der Waals surface area contributed by atoms with Crippen LogP contribution in [0, 0.1) is 6.92 Å². The second-order valence-electron chi connectivity index (χ2n) is 6.80. The van der Waals surface area contributed by atoms with Crippen LogP contribution in [0.4, 0.5) is 18.9 Å². The standard InChI is InChI=1S/C21H20F3N3O/c1-14-10-11-25-19(27-14)15-6-8-18(9-7-15)26-13-20(2,28)16-4-3-5-17(12-16)21(22,23)24/h3-12,26,28H,13H2,1-2H3. The van der Waals surface area contributed by atoms with E-state index >= 15 is 0 Å². The molecule has 2 N–H and O–H groups in total. The molecule has 0 spiro atoms. The Morgan fingerprint density at radius 1 is 1.00 bits per heavy atom. The lowest BCUT2D eigenvalue weighted by atomic mass is 9.94. The quantitative estimate of drug-likeness (QED) is 0.661. The van der Waals surface area contributed by atoms with Gasteiger partial charge >= 0.3 is 6.18 Å². The summed E-state index contributed by atoms with van der Waals surface area (Å²) < 4.78 is 38.7. The molecule has 1 heterocycles. The summed E-state index contributed by atoms with van der Waals surface area (Å²) in [5, 5.41) is 13.7. The number of halogens is 3. The molecule has 4 nitrogen and oxygen atoms in total. The number of aliphatic hydroxyl groups is 1. The molecule has 0 bridgehead atoms. The van der Waals surface area contributed by atoms with Crippen LogP contribution in [0.25, 0.3) is 11.4 Å². The van der Waals surface area contributed by atoms with Crippen LogP contribution in [0.15, 0.2) is 60.8 Å². The molecule has 0 radical (unpaired) electrons. The number of benzene rings is 2. The van der Waals surface area contributed by atoms with Crippen molar-refractivity contribution in [2.75, 3.05) is 11.9 Å². The smallest absolute Gasteiger partial charge is 0.384 e. The number of anilines is 1. The van der Waals surface area contributed by atoms with E-state index in [9.17, 15) is 18.3 Å². The number of rotatable bonds is 5. The molecule has 0 aliphatic carbocycles. The number of hydrogen-bond acceptors (Lipinski definition) is 4. The summed E-state index contributed by atoms with van der Waals surface area (Å²) in [5.41, 5.74) is 0.374. The second kappa shape index (κ2) is 7.59. The van der Waals surface area contributed by atoms with Gasteiger partial charge in [-0.05, 0) is 61.9 Å². The van der Waals surface area contributed by atoms with Gasteiger partial charge in [-0.15, -0.1) is 0 Å². The highest BCUT2D eigenvalue weighted by Gasteiger charge is 2.32. The second-order valence-corrected chi connectivity index (χ2v) is 6.80. The molecule has 3 rings (SSSR count). The Morgan fingerprint density at radius 3 is 2.32 bits per heavy atom. The van der Waals surface area contributed by atoms with E-state index in [1.165, 1.54) is 19.1 Å². The van der Waals surface area contributed by atoms with Gasteiger partial charge in [0.15, 0.2) is 5.82 Å². The highest BCUT2D eigenvalue weighted by molar-refractivity contribution is 5.59. The maximum absolute atomic E-state index is 12.9. The van der Waals surface area contributed by atoms with E-state index in [4.69, 9.17) is 0 Å². The minimum absolute atomic E-state index is 0.0502. The van der Waals surface area contributed by atoms with Gasteiger partial charge in [-0.2, -0.15) is 13.2 Å². The Kier molecular flexibility index (Phi) is 5.38. The topological polar surface area (TPSA) is 58.0 Å². The Bertz CT molecular complexity index is 954. The lowest BCUT2D eigenvalue weighted by Gasteiger charge is -2.25. The monoisotopic (exact) mass is 387 g/mol. The first-order valence-electron chi connectivity index (χ1n) is 8.69. The van der Waals surface area contributed by atoms with E-state index in [2.05, 4.69) is 15.3 Å². The summed E-state index contributed by atoms with van der Waals surface area (Å²) in [6.07, 6.45) is -2.76. The van der Waals surface area contributed by atoms with E-state index in [0.29, 0.717) is 5.82 Å². The average molecular weight is 387 g/mol. The summed E-state index contributed by atoms with van der Waals surface area (Å²) in [6, 6.07) is 13.9. The van der Waals surface area contributed by atoms with Crippen LogP contribution in [0.2, 0.25) is 0 Å². The number of alkyl halides is 3. The van der Waals surface area contributed by atoms with Gasteiger partial charge in [0.1, 0.15) is 5.60 Å². The van der Waals surface area contributed by atoms with Crippen LogP contribution in [0.1, 0.15) is 23.7 Å². The van der Waals surface area contributed by atoms with Crippen LogP contribution >= 0.6 is 0 Å². The molecule has 7 heteroatoms. The molecule has 2 aromatic carbocycles. The first-order valence-corrected chi connectivity index (χ1v) is 8.69. The van der Waals surface area contributed by atoms with Gasteiger partial charge < -0.3 is 10.4 Å². The Morgan fingerprint density at radius 2 is 1.68 bits per heavy atom. The van der Waals surface area contributed by atoms with E-state index in [-0.39, 0.29) is 12.1 Å². The Hall–Kier alpha value is -2.93. The van der Waals surface area contributed by atoms with E-state index in [0.717, 1.165) is 29.1 Å². The summed E-state index contributed by atoms with van der Waals surface area (Å²) >= 11 is 0. The molecule has 0 fully saturated rings. The third kappa shape index (κ3) is 4.67. The third-order valence-corrected chi connectivity index (χ3v) is 4.39. The maximum atomic E-state index is 12.9. The largest absolute Gasteiger partial charge is 0.416 e. The fourth-order valence-corrected chi connectivity index (χ4v) is 2.73. The normalized spacial score (nSPS) is 13.8. The number of nitrogens with zero attached hydrogens (tertiary/aromatic N) is 2.